The standard InChI is InChI=1S/C18H24N2O4/c21-18(15-3-8-22-13-15)20-6-4-19(5-7-20)12-14-1-2-16-17(11-14)24-10-9-23-16/h1-2,11,15H,3-10,12-13H2/t15-/m1/s1. The van der Waals surface area contributed by atoms with Crippen LogP contribution in [0.2, 0.25) is 0 Å². The summed E-state index contributed by atoms with van der Waals surface area (Å²) in [5.41, 5.74) is 1.23. The van der Waals surface area contributed by atoms with Crippen molar-refractivity contribution in [2.75, 3.05) is 52.6 Å². The summed E-state index contributed by atoms with van der Waals surface area (Å²) in [6.07, 6.45) is 0.871. The number of carbonyl (C=O) groups is 1. The lowest BCUT2D eigenvalue weighted by Crippen LogP contribution is -2.50. The summed E-state index contributed by atoms with van der Waals surface area (Å²) in [4.78, 5) is 16.8. The van der Waals surface area contributed by atoms with E-state index in [0.717, 1.165) is 57.3 Å². The predicted octanol–water partition coefficient (Wildman–Crippen LogP) is 1.14. The first-order valence-corrected chi connectivity index (χ1v) is 8.77. The van der Waals surface area contributed by atoms with E-state index >= 15 is 0 Å². The van der Waals surface area contributed by atoms with Gasteiger partial charge in [0.05, 0.1) is 12.5 Å². The van der Waals surface area contributed by atoms with E-state index in [1.807, 2.05) is 11.0 Å². The molecule has 2 fully saturated rings. The number of hydrogen-bond acceptors (Lipinski definition) is 5. The number of nitrogens with zero attached hydrogens (tertiary/aromatic N) is 2. The number of piperazine rings is 1. The number of benzene rings is 1. The zero-order chi connectivity index (χ0) is 16.4. The lowest BCUT2D eigenvalue weighted by Gasteiger charge is -2.36. The highest BCUT2D eigenvalue weighted by Gasteiger charge is 2.30. The highest BCUT2D eigenvalue weighted by Crippen LogP contribution is 2.31. The summed E-state index contributed by atoms with van der Waals surface area (Å²) in [7, 11) is 0. The van der Waals surface area contributed by atoms with Crippen LogP contribution in [0.5, 0.6) is 11.5 Å². The Morgan fingerprint density at radius 1 is 1.04 bits per heavy atom. The Kier molecular flexibility index (Phi) is 4.58. The zero-order valence-corrected chi connectivity index (χ0v) is 13.9. The van der Waals surface area contributed by atoms with E-state index in [1.54, 1.807) is 0 Å². The molecule has 3 aliphatic heterocycles. The quantitative estimate of drug-likeness (QED) is 0.831. The van der Waals surface area contributed by atoms with E-state index < -0.39 is 0 Å². The minimum absolute atomic E-state index is 0.0781. The fourth-order valence-corrected chi connectivity index (χ4v) is 3.56. The van der Waals surface area contributed by atoms with Crippen LogP contribution in [0.25, 0.3) is 0 Å². The van der Waals surface area contributed by atoms with Crippen molar-refractivity contribution >= 4 is 5.91 Å². The van der Waals surface area contributed by atoms with Crippen LogP contribution in [0.3, 0.4) is 0 Å². The van der Waals surface area contributed by atoms with Crippen LogP contribution in [-0.2, 0) is 16.1 Å². The molecule has 0 saturated carbocycles. The van der Waals surface area contributed by atoms with Crippen LogP contribution >= 0.6 is 0 Å². The minimum atomic E-state index is 0.0781. The van der Waals surface area contributed by atoms with Gasteiger partial charge in [0, 0.05) is 39.3 Å². The summed E-state index contributed by atoms with van der Waals surface area (Å²) in [6.45, 7) is 6.86. The molecule has 4 rings (SSSR count). The first kappa shape index (κ1) is 15.7. The van der Waals surface area contributed by atoms with Crippen LogP contribution in [0.15, 0.2) is 18.2 Å². The molecule has 0 radical (unpaired) electrons. The van der Waals surface area contributed by atoms with Crippen molar-refractivity contribution in [2.24, 2.45) is 5.92 Å². The molecule has 0 N–H and O–H groups in total. The SMILES string of the molecule is O=C([C@@H]1CCOC1)N1CCN(Cc2ccc3c(c2)OCCO3)CC1. The van der Waals surface area contributed by atoms with Gasteiger partial charge in [-0.05, 0) is 24.1 Å². The second-order valence-corrected chi connectivity index (χ2v) is 6.64. The van der Waals surface area contributed by atoms with Gasteiger partial charge in [0.1, 0.15) is 13.2 Å². The minimum Gasteiger partial charge on any atom is -0.486 e. The molecule has 1 atom stereocenters. The normalized spacial score (nSPS) is 24.2. The van der Waals surface area contributed by atoms with E-state index in [0.29, 0.717) is 19.8 Å². The van der Waals surface area contributed by atoms with E-state index in [1.165, 1.54) is 5.56 Å². The van der Waals surface area contributed by atoms with Gasteiger partial charge in [0.2, 0.25) is 5.91 Å². The molecule has 2 saturated heterocycles. The van der Waals surface area contributed by atoms with Gasteiger partial charge in [0.15, 0.2) is 11.5 Å². The molecule has 0 aromatic heterocycles. The molecule has 1 amide bonds. The average Bonchev–Trinajstić information content (AvgIpc) is 3.16. The lowest BCUT2D eigenvalue weighted by molar-refractivity contribution is -0.137. The maximum atomic E-state index is 12.4. The summed E-state index contributed by atoms with van der Waals surface area (Å²) in [5.74, 6) is 2.02. The van der Waals surface area contributed by atoms with Crippen LogP contribution in [0, 0.1) is 5.92 Å². The van der Waals surface area contributed by atoms with Gasteiger partial charge in [-0.2, -0.15) is 0 Å². The first-order valence-electron chi connectivity index (χ1n) is 8.77. The lowest BCUT2D eigenvalue weighted by atomic mass is 10.1. The van der Waals surface area contributed by atoms with Crippen LogP contribution in [-0.4, -0.2) is 68.3 Å². The number of fused-ring (bicyclic) bond motifs is 1. The van der Waals surface area contributed by atoms with Crippen LogP contribution in [0.1, 0.15) is 12.0 Å². The zero-order valence-electron chi connectivity index (χ0n) is 13.9. The van der Waals surface area contributed by atoms with Crippen molar-refractivity contribution in [3.8, 4) is 11.5 Å². The second-order valence-electron chi connectivity index (χ2n) is 6.64. The number of ether oxygens (including phenoxy) is 3. The highest BCUT2D eigenvalue weighted by atomic mass is 16.6. The van der Waals surface area contributed by atoms with Gasteiger partial charge < -0.3 is 19.1 Å². The Bertz CT molecular complexity index is 593. The van der Waals surface area contributed by atoms with Crippen molar-refractivity contribution in [3.63, 3.8) is 0 Å². The predicted molar refractivity (Wildman–Crippen MR) is 88.2 cm³/mol. The van der Waals surface area contributed by atoms with Crippen molar-refractivity contribution in [1.82, 2.24) is 9.80 Å². The Balaban J connectivity index is 1.30. The van der Waals surface area contributed by atoms with Gasteiger partial charge in [-0.25, -0.2) is 0 Å². The molecule has 24 heavy (non-hydrogen) atoms. The Hall–Kier alpha value is -1.79. The average molecular weight is 332 g/mol. The third kappa shape index (κ3) is 3.35. The van der Waals surface area contributed by atoms with Gasteiger partial charge >= 0.3 is 0 Å². The molecular weight excluding hydrogens is 308 g/mol. The Morgan fingerprint density at radius 2 is 1.83 bits per heavy atom. The van der Waals surface area contributed by atoms with E-state index in [2.05, 4.69) is 17.0 Å². The molecule has 0 unspecified atom stereocenters. The number of rotatable bonds is 3. The van der Waals surface area contributed by atoms with E-state index in [4.69, 9.17) is 14.2 Å². The largest absolute Gasteiger partial charge is 0.486 e. The van der Waals surface area contributed by atoms with Gasteiger partial charge in [0.25, 0.3) is 0 Å². The van der Waals surface area contributed by atoms with Crippen molar-refractivity contribution in [1.29, 1.82) is 0 Å². The molecule has 130 valence electrons. The van der Waals surface area contributed by atoms with Crippen molar-refractivity contribution in [3.05, 3.63) is 23.8 Å². The summed E-state index contributed by atoms with van der Waals surface area (Å²) < 4.78 is 16.5. The van der Waals surface area contributed by atoms with Crippen molar-refractivity contribution in [2.45, 2.75) is 13.0 Å². The molecule has 0 spiro atoms. The first-order chi connectivity index (χ1) is 11.8. The highest BCUT2D eigenvalue weighted by molar-refractivity contribution is 5.79. The Labute approximate surface area is 142 Å². The maximum absolute atomic E-state index is 12.4. The van der Waals surface area contributed by atoms with Gasteiger partial charge in [-0.15, -0.1) is 0 Å². The van der Waals surface area contributed by atoms with Crippen molar-refractivity contribution < 1.29 is 19.0 Å². The molecule has 1 aromatic rings. The van der Waals surface area contributed by atoms with E-state index in [9.17, 15) is 4.79 Å². The molecule has 6 heteroatoms. The summed E-state index contributed by atoms with van der Waals surface area (Å²) >= 11 is 0. The molecule has 3 heterocycles. The monoisotopic (exact) mass is 332 g/mol. The smallest absolute Gasteiger partial charge is 0.228 e. The number of hydrogen-bond donors (Lipinski definition) is 0. The maximum Gasteiger partial charge on any atom is 0.228 e. The number of carbonyl (C=O) groups excluding carboxylic acids is 1. The fraction of sp³-hybridized carbons (Fsp3) is 0.611. The molecule has 1 aromatic carbocycles. The molecule has 3 aliphatic rings. The molecule has 6 nitrogen and oxygen atoms in total. The third-order valence-electron chi connectivity index (χ3n) is 4.98. The van der Waals surface area contributed by atoms with Gasteiger partial charge in [-0.1, -0.05) is 6.07 Å². The van der Waals surface area contributed by atoms with Crippen LogP contribution in [0.4, 0.5) is 0 Å². The van der Waals surface area contributed by atoms with Crippen LogP contribution < -0.4 is 9.47 Å². The molecule has 0 aliphatic carbocycles. The summed E-state index contributed by atoms with van der Waals surface area (Å²) in [6, 6.07) is 6.16. The molecule has 0 bridgehead atoms. The Morgan fingerprint density at radius 3 is 2.58 bits per heavy atom. The number of amides is 1. The molecular formula is C18H24N2O4. The third-order valence-corrected chi connectivity index (χ3v) is 4.98. The van der Waals surface area contributed by atoms with E-state index in [-0.39, 0.29) is 11.8 Å². The topological polar surface area (TPSA) is 51.2 Å². The van der Waals surface area contributed by atoms with Gasteiger partial charge in [-0.3, -0.25) is 9.69 Å². The second kappa shape index (κ2) is 6.99. The summed E-state index contributed by atoms with van der Waals surface area (Å²) in [5, 5.41) is 0. The fourth-order valence-electron chi connectivity index (χ4n) is 3.56.